The van der Waals surface area contributed by atoms with Gasteiger partial charge in [-0.3, -0.25) is 10.1 Å². The zero-order chi connectivity index (χ0) is 12.8. The summed E-state index contributed by atoms with van der Waals surface area (Å²) in [6.07, 6.45) is 0. The van der Waals surface area contributed by atoms with E-state index in [2.05, 4.69) is 9.89 Å². The standard InChI is InChI=1S/C10H10N2O5/c1-7(10(13)16-2)11-17-9-5-3-8(4-6-9)12(14)15/h3-6H,1-2H3. The SMILES string of the molecule is COC(=O)C(C)=NOc1ccc([N+](=O)[O-])cc1. The molecule has 1 aromatic rings. The number of nitro benzene ring substituents is 1. The lowest BCUT2D eigenvalue weighted by Crippen LogP contribution is -2.12. The minimum Gasteiger partial charge on any atom is -0.464 e. The molecule has 0 N–H and O–H groups in total. The first-order valence-electron chi connectivity index (χ1n) is 4.59. The Balaban J connectivity index is 2.70. The van der Waals surface area contributed by atoms with Crippen LogP contribution in [0.3, 0.4) is 0 Å². The van der Waals surface area contributed by atoms with E-state index in [0.29, 0.717) is 5.75 Å². The van der Waals surface area contributed by atoms with Crippen LogP contribution in [-0.2, 0) is 9.53 Å². The highest BCUT2D eigenvalue weighted by atomic mass is 16.6. The van der Waals surface area contributed by atoms with Gasteiger partial charge in [0.05, 0.1) is 12.0 Å². The van der Waals surface area contributed by atoms with Gasteiger partial charge in [-0.2, -0.15) is 0 Å². The molecule has 90 valence electrons. The first kappa shape index (κ1) is 12.6. The third-order valence-corrected chi connectivity index (χ3v) is 1.82. The Hall–Kier alpha value is -2.44. The summed E-state index contributed by atoms with van der Waals surface area (Å²) in [5, 5.41) is 13.9. The number of carbonyl (C=O) groups is 1. The van der Waals surface area contributed by atoms with E-state index in [1.54, 1.807) is 0 Å². The molecule has 0 fully saturated rings. The number of methoxy groups -OCH3 is 1. The fraction of sp³-hybridized carbons (Fsp3) is 0.200. The van der Waals surface area contributed by atoms with Crippen molar-refractivity contribution in [3.05, 3.63) is 34.4 Å². The number of rotatable bonds is 4. The van der Waals surface area contributed by atoms with E-state index >= 15 is 0 Å². The van der Waals surface area contributed by atoms with Gasteiger partial charge >= 0.3 is 5.97 Å². The molecule has 17 heavy (non-hydrogen) atoms. The smallest absolute Gasteiger partial charge is 0.355 e. The van der Waals surface area contributed by atoms with Gasteiger partial charge in [-0.1, -0.05) is 5.16 Å². The molecule has 0 bridgehead atoms. The number of esters is 1. The maximum Gasteiger partial charge on any atom is 0.355 e. The number of nitrogens with zero attached hydrogens (tertiary/aromatic N) is 2. The van der Waals surface area contributed by atoms with Crippen molar-refractivity contribution in [3.63, 3.8) is 0 Å². The highest BCUT2D eigenvalue weighted by Gasteiger charge is 2.07. The van der Waals surface area contributed by atoms with Crippen LogP contribution in [0.1, 0.15) is 6.92 Å². The second kappa shape index (κ2) is 5.59. The molecule has 7 nitrogen and oxygen atoms in total. The van der Waals surface area contributed by atoms with Crippen LogP contribution in [0.25, 0.3) is 0 Å². The van der Waals surface area contributed by atoms with Crippen LogP contribution < -0.4 is 4.84 Å². The van der Waals surface area contributed by atoms with E-state index in [-0.39, 0.29) is 11.4 Å². The van der Waals surface area contributed by atoms with Crippen LogP contribution in [0.15, 0.2) is 29.4 Å². The molecular formula is C10H10N2O5. The third-order valence-electron chi connectivity index (χ3n) is 1.82. The van der Waals surface area contributed by atoms with Crippen LogP contribution >= 0.6 is 0 Å². The largest absolute Gasteiger partial charge is 0.464 e. The highest BCUT2D eigenvalue weighted by Crippen LogP contribution is 2.17. The Kier molecular flexibility index (Phi) is 4.15. The van der Waals surface area contributed by atoms with Gasteiger partial charge in [0.1, 0.15) is 0 Å². The van der Waals surface area contributed by atoms with E-state index in [0.717, 1.165) is 0 Å². The summed E-state index contributed by atoms with van der Waals surface area (Å²) >= 11 is 0. The maximum atomic E-state index is 11.0. The predicted octanol–water partition coefficient (Wildman–Crippen LogP) is 1.52. The molecule has 0 heterocycles. The summed E-state index contributed by atoms with van der Waals surface area (Å²) < 4.78 is 4.41. The topological polar surface area (TPSA) is 91.0 Å². The number of ether oxygens (including phenoxy) is 1. The Labute approximate surface area is 96.8 Å². The van der Waals surface area contributed by atoms with Crippen molar-refractivity contribution in [2.45, 2.75) is 6.92 Å². The second-order valence-electron chi connectivity index (χ2n) is 3.01. The van der Waals surface area contributed by atoms with Crippen LogP contribution in [0, 0.1) is 10.1 Å². The quantitative estimate of drug-likeness (QED) is 0.343. The summed E-state index contributed by atoms with van der Waals surface area (Å²) in [6, 6.07) is 5.31. The lowest BCUT2D eigenvalue weighted by atomic mass is 10.3. The van der Waals surface area contributed by atoms with Crippen molar-refractivity contribution >= 4 is 17.4 Å². The second-order valence-corrected chi connectivity index (χ2v) is 3.01. The van der Waals surface area contributed by atoms with E-state index in [9.17, 15) is 14.9 Å². The summed E-state index contributed by atoms with van der Waals surface area (Å²) in [4.78, 5) is 25.7. The minimum atomic E-state index is -0.605. The predicted molar refractivity (Wildman–Crippen MR) is 58.8 cm³/mol. The lowest BCUT2D eigenvalue weighted by molar-refractivity contribution is -0.384. The molecule has 0 atom stereocenters. The molecule has 0 aliphatic rings. The maximum absolute atomic E-state index is 11.0. The Morgan fingerprint density at radius 2 is 1.94 bits per heavy atom. The van der Waals surface area contributed by atoms with Gasteiger partial charge in [0.25, 0.3) is 5.69 Å². The van der Waals surface area contributed by atoms with Crippen molar-refractivity contribution in [2.24, 2.45) is 5.16 Å². The summed E-state index contributed by atoms with van der Waals surface area (Å²) in [5.74, 6) is -0.314. The van der Waals surface area contributed by atoms with Crippen LogP contribution in [0.5, 0.6) is 5.75 Å². The van der Waals surface area contributed by atoms with Crippen molar-refractivity contribution in [3.8, 4) is 5.75 Å². The Morgan fingerprint density at radius 1 is 1.35 bits per heavy atom. The van der Waals surface area contributed by atoms with Crippen molar-refractivity contribution in [2.75, 3.05) is 7.11 Å². The molecule has 1 aromatic carbocycles. The molecule has 0 aromatic heterocycles. The molecule has 0 aliphatic carbocycles. The van der Waals surface area contributed by atoms with Gasteiger partial charge in [0.15, 0.2) is 11.5 Å². The fourth-order valence-corrected chi connectivity index (χ4v) is 0.935. The first-order valence-corrected chi connectivity index (χ1v) is 4.59. The molecule has 1 rings (SSSR count). The number of non-ortho nitro benzene ring substituents is 1. The Morgan fingerprint density at radius 3 is 2.41 bits per heavy atom. The van der Waals surface area contributed by atoms with Crippen molar-refractivity contribution in [1.29, 1.82) is 0 Å². The van der Waals surface area contributed by atoms with Gasteiger partial charge in [-0.15, -0.1) is 0 Å². The summed E-state index contributed by atoms with van der Waals surface area (Å²) in [5.41, 5.74) is -0.00290. The Bertz CT molecular complexity index is 452. The third kappa shape index (κ3) is 3.56. The zero-order valence-corrected chi connectivity index (χ0v) is 9.25. The molecule has 0 unspecified atom stereocenters. The van der Waals surface area contributed by atoms with Gasteiger partial charge in [-0.05, 0) is 19.1 Å². The number of nitro groups is 1. The molecule has 0 spiro atoms. The number of hydrogen-bond acceptors (Lipinski definition) is 6. The van der Waals surface area contributed by atoms with Gasteiger partial charge in [0.2, 0.25) is 0 Å². The van der Waals surface area contributed by atoms with E-state index in [1.807, 2.05) is 0 Å². The minimum absolute atomic E-state index is 0.0471. The zero-order valence-electron chi connectivity index (χ0n) is 9.25. The van der Waals surface area contributed by atoms with Gasteiger partial charge in [-0.25, -0.2) is 4.79 Å². The average molecular weight is 238 g/mol. The van der Waals surface area contributed by atoms with Crippen LogP contribution in [0.4, 0.5) is 5.69 Å². The molecule has 7 heteroatoms. The molecule has 0 aliphatic heterocycles. The number of benzene rings is 1. The van der Waals surface area contributed by atoms with Crippen molar-refractivity contribution in [1.82, 2.24) is 0 Å². The van der Waals surface area contributed by atoms with Crippen LogP contribution in [0.2, 0.25) is 0 Å². The van der Waals surface area contributed by atoms with Gasteiger partial charge in [0, 0.05) is 12.1 Å². The summed E-state index contributed by atoms with van der Waals surface area (Å²) in [6.45, 7) is 1.43. The molecule has 0 saturated carbocycles. The average Bonchev–Trinajstić information content (AvgIpc) is 2.35. The highest BCUT2D eigenvalue weighted by molar-refractivity contribution is 6.35. The lowest BCUT2D eigenvalue weighted by Gasteiger charge is -2.00. The van der Waals surface area contributed by atoms with Crippen molar-refractivity contribution < 1.29 is 19.3 Å². The molecule has 0 amide bonds. The fourth-order valence-electron chi connectivity index (χ4n) is 0.935. The first-order chi connectivity index (χ1) is 8.04. The van der Waals surface area contributed by atoms with Gasteiger partial charge < -0.3 is 9.57 Å². The van der Waals surface area contributed by atoms with Crippen LogP contribution in [-0.4, -0.2) is 23.7 Å². The number of hydrogen-bond donors (Lipinski definition) is 0. The summed E-state index contributed by atoms with van der Waals surface area (Å²) in [7, 11) is 1.23. The molecule has 0 saturated heterocycles. The van der Waals surface area contributed by atoms with E-state index < -0.39 is 10.9 Å². The molecule has 0 radical (unpaired) electrons. The normalized spacial score (nSPS) is 10.8. The monoisotopic (exact) mass is 238 g/mol. The van der Waals surface area contributed by atoms with E-state index in [1.165, 1.54) is 38.3 Å². The van der Waals surface area contributed by atoms with E-state index in [4.69, 9.17) is 4.84 Å². The molecular weight excluding hydrogens is 228 g/mol. The number of carbonyl (C=O) groups excluding carboxylic acids is 1. The number of oxime groups is 1.